The van der Waals surface area contributed by atoms with E-state index in [4.69, 9.17) is 9.47 Å². The molecule has 10 nitrogen and oxygen atoms in total. The predicted molar refractivity (Wildman–Crippen MR) is 133 cm³/mol. The van der Waals surface area contributed by atoms with Crippen molar-refractivity contribution in [1.82, 2.24) is 20.3 Å². The summed E-state index contributed by atoms with van der Waals surface area (Å²) in [6, 6.07) is -0.246. The van der Waals surface area contributed by atoms with Crippen LogP contribution in [0.1, 0.15) is 54.9 Å². The number of carbonyl (C=O) groups excluding carboxylic acids is 1. The van der Waals surface area contributed by atoms with Gasteiger partial charge < -0.3 is 20.1 Å². The van der Waals surface area contributed by atoms with Crippen LogP contribution in [0.4, 0.5) is 4.79 Å². The summed E-state index contributed by atoms with van der Waals surface area (Å²) in [4.78, 5) is 18.6. The molecule has 2 unspecified atom stereocenters. The highest BCUT2D eigenvalue weighted by Gasteiger charge is 2.49. The van der Waals surface area contributed by atoms with Crippen LogP contribution in [-0.2, 0) is 19.5 Å². The van der Waals surface area contributed by atoms with Crippen molar-refractivity contribution >= 4 is 46.1 Å². The highest BCUT2D eigenvalue weighted by atomic mass is 127. The second kappa shape index (κ2) is 12.4. The Morgan fingerprint density at radius 2 is 1.84 bits per heavy atom. The van der Waals surface area contributed by atoms with Gasteiger partial charge in [0.25, 0.3) is 0 Å². The third-order valence-corrected chi connectivity index (χ3v) is 5.97. The first-order valence-electron chi connectivity index (χ1n) is 10.3. The molecule has 1 saturated heterocycles. The smallest absolute Gasteiger partial charge is 0.412 e. The van der Waals surface area contributed by atoms with E-state index in [1.165, 1.54) is 0 Å². The Bertz CT molecular complexity index is 709. The Labute approximate surface area is 204 Å². The van der Waals surface area contributed by atoms with Crippen LogP contribution in [0.5, 0.6) is 0 Å². The maximum Gasteiger partial charge on any atom is 0.412 e. The monoisotopic (exact) mass is 577 g/mol. The molecule has 0 bridgehead atoms. The first-order chi connectivity index (χ1) is 13.7. The van der Waals surface area contributed by atoms with Crippen LogP contribution in [0.2, 0.25) is 0 Å². The summed E-state index contributed by atoms with van der Waals surface area (Å²) < 4.78 is 37.0. The van der Waals surface area contributed by atoms with Crippen molar-refractivity contribution in [2.75, 3.05) is 32.4 Å². The van der Waals surface area contributed by atoms with Crippen LogP contribution < -0.4 is 15.4 Å². The van der Waals surface area contributed by atoms with Crippen molar-refractivity contribution in [2.24, 2.45) is 4.99 Å². The molecule has 0 aromatic heterocycles. The van der Waals surface area contributed by atoms with E-state index in [1.807, 2.05) is 41.5 Å². The number of sulfonamides is 1. The SMILES string of the molecule is CCS(=O)(=O)NCCCNC(=NC)NCC1C(C)OC(C)(C)N1C(=O)OC(C)(C)C.I. The Kier molecular flexibility index (Phi) is 12.1. The van der Waals surface area contributed by atoms with Gasteiger partial charge in [-0.3, -0.25) is 9.89 Å². The highest BCUT2D eigenvalue weighted by molar-refractivity contribution is 14.0. The molecular formula is C19H40IN5O5S. The number of ether oxygens (including phenoxy) is 2. The molecule has 1 fully saturated rings. The number of hydrogen-bond donors (Lipinski definition) is 3. The molecule has 3 N–H and O–H groups in total. The predicted octanol–water partition coefficient (Wildman–Crippen LogP) is 1.86. The summed E-state index contributed by atoms with van der Waals surface area (Å²) in [7, 11) is -1.53. The van der Waals surface area contributed by atoms with Crippen LogP contribution in [-0.4, -0.2) is 81.3 Å². The lowest BCUT2D eigenvalue weighted by Gasteiger charge is -2.35. The molecule has 0 aliphatic carbocycles. The van der Waals surface area contributed by atoms with E-state index < -0.39 is 27.4 Å². The molecule has 1 amide bonds. The van der Waals surface area contributed by atoms with Crippen molar-refractivity contribution in [2.45, 2.75) is 78.4 Å². The topological polar surface area (TPSA) is 121 Å². The lowest BCUT2D eigenvalue weighted by molar-refractivity contribution is -0.0755. The number of aliphatic imine (C=N–C) groups is 1. The third kappa shape index (κ3) is 10.1. The van der Waals surface area contributed by atoms with Crippen LogP contribution in [0.25, 0.3) is 0 Å². The largest absolute Gasteiger partial charge is 0.444 e. The zero-order valence-corrected chi connectivity index (χ0v) is 23.1. The van der Waals surface area contributed by atoms with Gasteiger partial charge in [-0.05, 0) is 54.9 Å². The van der Waals surface area contributed by atoms with E-state index in [0.29, 0.717) is 32.0 Å². The van der Waals surface area contributed by atoms with Gasteiger partial charge in [0.1, 0.15) is 11.3 Å². The summed E-state index contributed by atoms with van der Waals surface area (Å²) >= 11 is 0. The maximum absolute atomic E-state index is 12.8. The van der Waals surface area contributed by atoms with E-state index in [0.717, 1.165) is 0 Å². The minimum absolute atomic E-state index is 0. The molecule has 184 valence electrons. The molecule has 2 atom stereocenters. The number of halogens is 1. The number of amides is 1. The summed E-state index contributed by atoms with van der Waals surface area (Å²) in [5.41, 5.74) is -1.39. The molecular weight excluding hydrogens is 537 g/mol. The fourth-order valence-electron chi connectivity index (χ4n) is 3.17. The summed E-state index contributed by atoms with van der Waals surface area (Å²) in [6.45, 7) is 14.0. The molecule has 1 heterocycles. The highest BCUT2D eigenvalue weighted by Crippen LogP contribution is 2.33. The average molecular weight is 578 g/mol. The van der Waals surface area contributed by atoms with Gasteiger partial charge in [0.05, 0.1) is 17.9 Å². The lowest BCUT2D eigenvalue weighted by atomic mass is 10.1. The van der Waals surface area contributed by atoms with Crippen molar-refractivity contribution in [3.63, 3.8) is 0 Å². The Hall–Kier alpha value is -0.860. The molecule has 1 aliphatic heterocycles. The number of guanidine groups is 1. The molecule has 0 aromatic rings. The minimum Gasteiger partial charge on any atom is -0.444 e. The first-order valence-corrected chi connectivity index (χ1v) is 12.0. The van der Waals surface area contributed by atoms with E-state index >= 15 is 0 Å². The summed E-state index contributed by atoms with van der Waals surface area (Å²) in [5.74, 6) is 0.630. The van der Waals surface area contributed by atoms with E-state index in [9.17, 15) is 13.2 Å². The molecule has 0 radical (unpaired) electrons. The first kappa shape index (κ1) is 30.1. The fraction of sp³-hybridized carbons (Fsp3) is 0.895. The Morgan fingerprint density at radius 1 is 1.23 bits per heavy atom. The number of nitrogens with zero attached hydrogens (tertiary/aromatic N) is 2. The summed E-state index contributed by atoms with van der Waals surface area (Å²) in [6.07, 6.45) is -0.00341. The number of hydrogen-bond acceptors (Lipinski definition) is 6. The van der Waals surface area contributed by atoms with Crippen molar-refractivity contribution in [3.8, 4) is 0 Å². The van der Waals surface area contributed by atoms with Crippen LogP contribution >= 0.6 is 24.0 Å². The van der Waals surface area contributed by atoms with Crippen LogP contribution in [0.15, 0.2) is 4.99 Å². The van der Waals surface area contributed by atoms with Gasteiger partial charge >= 0.3 is 6.09 Å². The van der Waals surface area contributed by atoms with Crippen molar-refractivity contribution in [3.05, 3.63) is 0 Å². The van der Waals surface area contributed by atoms with Crippen molar-refractivity contribution in [1.29, 1.82) is 0 Å². The molecule has 1 aliphatic rings. The molecule has 31 heavy (non-hydrogen) atoms. The second-order valence-corrected chi connectivity index (χ2v) is 10.8. The van der Waals surface area contributed by atoms with Gasteiger partial charge in [-0.2, -0.15) is 0 Å². The maximum atomic E-state index is 12.8. The van der Waals surface area contributed by atoms with Crippen molar-refractivity contribution < 1.29 is 22.7 Å². The number of nitrogens with one attached hydrogen (secondary N) is 3. The van der Waals surface area contributed by atoms with E-state index in [2.05, 4.69) is 20.3 Å². The zero-order chi connectivity index (χ0) is 23.2. The van der Waals surface area contributed by atoms with Gasteiger partial charge in [-0.1, -0.05) is 0 Å². The van der Waals surface area contributed by atoms with E-state index in [1.54, 1.807) is 18.9 Å². The van der Waals surface area contributed by atoms with Gasteiger partial charge in [-0.25, -0.2) is 17.9 Å². The van der Waals surface area contributed by atoms with Gasteiger partial charge in [0, 0.05) is 26.7 Å². The minimum atomic E-state index is -3.18. The number of rotatable bonds is 8. The normalized spacial score (nSPS) is 21.4. The fourth-order valence-corrected chi connectivity index (χ4v) is 3.83. The molecule has 0 aromatic carbocycles. The van der Waals surface area contributed by atoms with Gasteiger partial charge in [0.15, 0.2) is 5.96 Å². The molecule has 0 saturated carbocycles. The lowest BCUT2D eigenvalue weighted by Crippen LogP contribution is -2.54. The number of carbonyl (C=O) groups is 1. The molecule has 1 rings (SSSR count). The Morgan fingerprint density at radius 3 is 2.35 bits per heavy atom. The van der Waals surface area contributed by atoms with Crippen LogP contribution in [0.3, 0.4) is 0 Å². The molecule has 0 spiro atoms. The summed E-state index contributed by atoms with van der Waals surface area (Å²) in [5, 5.41) is 6.36. The zero-order valence-electron chi connectivity index (χ0n) is 19.9. The average Bonchev–Trinajstić information content (AvgIpc) is 2.83. The van der Waals surface area contributed by atoms with Gasteiger partial charge in [0.2, 0.25) is 10.0 Å². The standard InChI is InChI=1S/C19H39N5O5S.HI/c1-9-30(26,27)23-12-10-11-21-16(20-8)22-13-15-14(2)28-19(6,7)24(15)17(25)29-18(3,4)5;/h14-15,23H,9-13H2,1-8H3,(H2,20,21,22);1H. The second-order valence-electron chi connectivity index (χ2n) is 8.72. The molecule has 12 heteroatoms. The Balaban J connectivity index is 0.00000900. The van der Waals surface area contributed by atoms with E-state index in [-0.39, 0.29) is 41.9 Å². The third-order valence-electron chi connectivity index (χ3n) is 4.57. The van der Waals surface area contributed by atoms with Crippen LogP contribution in [0, 0.1) is 0 Å². The van der Waals surface area contributed by atoms with Gasteiger partial charge in [-0.15, -0.1) is 24.0 Å². The quantitative estimate of drug-likeness (QED) is 0.174.